The fourth-order valence-electron chi connectivity index (χ4n) is 0.808. The summed E-state index contributed by atoms with van der Waals surface area (Å²) in [7, 11) is 0. The van der Waals surface area contributed by atoms with E-state index in [-0.39, 0.29) is 6.21 Å². The number of benzene rings is 1. The van der Waals surface area contributed by atoms with Crippen molar-refractivity contribution in [2.75, 3.05) is 0 Å². The third-order valence-corrected chi connectivity index (χ3v) is 1.46. The number of nitrogens with zero attached hydrogens (tertiary/aromatic N) is 1. The molecule has 0 aromatic heterocycles. The van der Waals surface area contributed by atoms with Gasteiger partial charge in [0.05, 0.1) is 11.8 Å². The minimum absolute atomic E-state index is 0.177. The topological polar surface area (TPSA) is 52.8 Å². The highest BCUT2D eigenvalue weighted by Crippen LogP contribution is 2.27. The molecule has 0 saturated carbocycles. The maximum atomic E-state index is 12.7. The molecule has 3 nitrogen and oxygen atoms in total. The largest absolute Gasteiger partial charge is 0.503 e. The third-order valence-electron chi connectivity index (χ3n) is 1.46. The van der Waals surface area contributed by atoms with E-state index >= 15 is 0 Å². The van der Waals surface area contributed by atoms with Crippen molar-refractivity contribution in [2.45, 2.75) is 0 Å². The number of phenolic OH excluding ortho intramolecular Hbond substituents is 1. The number of halogens is 4. The highest BCUT2D eigenvalue weighted by Gasteiger charge is 2.23. The summed E-state index contributed by atoms with van der Waals surface area (Å²) in [5.74, 6) is -9.31. The van der Waals surface area contributed by atoms with Gasteiger partial charge in [-0.15, -0.1) is 0 Å². The van der Waals surface area contributed by atoms with Crippen LogP contribution in [-0.2, 0) is 0 Å². The summed E-state index contributed by atoms with van der Waals surface area (Å²) in [6, 6.07) is 0. The molecule has 0 radical (unpaired) electrons. The highest BCUT2D eigenvalue weighted by atomic mass is 19.2. The van der Waals surface area contributed by atoms with Crippen LogP contribution >= 0.6 is 0 Å². The van der Waals surface area contributed by atoms with Gasteiger partial charge in [0.25, 0.3) is 0 Å². The number of rotatable bonds is 1. The van der Waals surface area contributed by atoms with Gasteiger partial charge >= 0.3 is 0 Å². The maximum Gasteiger partial charge on any atom is 0.204 e. The van der Waals surface area contributed by atoms with Crippen LogP contribution in [0.25, 0.3) is 0 Å². The zero-order valence-corrected chi connectivity index (χ0v) is 6.43. The average molecular weight is 209 g/mol. The first-order valence-corrected chi connectivity index (χ1v) is 3.23. The standard InChI is InChI=1S/C7H3F4NO2/c8-3-2(1-12-14)4(9)6(11)7(13)5(3)10/h1,13-14H/b12-1+. The van der Waals surface area contributed by atoms with Gasteiger partial charge in [0.1, 0.15) is 0 Å². The molecule has 0 unspecified atom stereocenters. The Bertz CT molecular complexity index is 376. The van der Waals surface area contributed by atoms with E-state index in [0.29, 0.717) is 0 Å². The first-order chi connectivity index (χ1) is 6.50. The van der Waals surface area contributed by atoms with Gasteiger partial charge in [-0.25, -0.2) is 8.78 Å². The first kappa shape index (κ1) is 10.3. The van der Waals surface area contributed by atoms with Gasteiger partial charge in [0.2, 0.25) is 11.6 Å². The molecule has 0 aliphatic heterocycles. The quantitative estimate of drug-likeness (QED) is 0.243. The van der Waals surface area contributed by atoms with E-state index < -0.39 is 34.6 Å². The summed E-state index contributed by atoms with van der Waals surface area (Å²) < 4.78 is 50.7. The van der Waals surface area contributed by atoms with Crippen molar-refractivity contribution in [1.29, 1.82) is 0 Å². The molecule has 1 aromatic rings. The minimum atomic E-state index is -1.95. The summed E-state index contributed by atoms with van der Waals surface area (Å²) in [6.07, 6.45) is 0.177. The highest BCUT2D eigenvalue weighted by molar-refractivity contribution is 5.80. The van der Waals surface area contributed by atoms with Crippen LogP contribution in [-0.4, -0.2) is 16.5 Å². The molecule has 0 bridgehead atoms. The monoisotopic (exact) mass is 209 g/mol. The predicted octanol–water partition coefficient (Wildman–Crippen LogP) is 1.76. The summed E-state index contributed by atoms with van der Waals surface area (Å²) in [5, 5.41) is 18.7. The van der Waals surface area contributed by atoms with Crippen LogP contribution in [0.15, 0.2) is 5.16 Å². The van der Waals surface area contributed by atoms with Crippen molar-refractivity contribution in [1.82, 2.24) is 0 Å². The smallest absolute Gasteiger partial charge is 0.204 e. The molecule has 0 atom stereocenters. The Morgan fingerprint density at radius 1 is 0.929 bits per heavy atom. The van der Waals surface area contributed by atoms with Crippen molar-refractivity contribution in [3.05, 3.63) is 28.8 Å². The lowest BCUT2D eigenvalue weighted by Crippen LogP contribution is -2.02. The number of aromatic hydroxyl groups is 1. The van der Waals surface area contributed by atoms with Crippen LogP contribution in [0, 0.1) is 23.3 Å². The normalized spacial score (nSPS) is 11.1. The lowest BCUT2D eigenvalue weighted by Gasteiger charge is -2.03. The average Bonchev–Trinajstić information content (AvgIpc) is 2.19. The molecule has 14 heavy (non-hydrogen) atoms. The molecule has 0 heterocycles. The Balaban J connectivity index is 3.59. The summed E-state index contributed by atoms with van der Waals surface area (Å²) in [4.78, 5) is 0. The van der Waals surface area contributed by atoms with Crippen LogP contribution in [0.5, 0.6) is 5.75 Å². The molecule has 76 valence electrons. The number of oxime groups is 1. The van der Waals surface area contributed by atoms with E-state index in [1.807, 2.05) is 0 Å². The second kappa shape index (κ2) is 3.52. The first-order valence-electron chi connectivity index (χ1n) is 3.23. The molecule has 0 aliphatic carbocycles. The third kappa shape index (κ3) is 1.36. The number of phenols is 1. The molecule has 1 aromatic carbocycles. The van der Waals surface area contributed by atoms with Gasteiger partial charge < -0.3 is 10.3 Å². The molecule has 0 spiro atoms. The maximum absolute atomic E-state index is 12.7. The molecule has 0 amide bonds. The molecular formula is C7H3F4NO2. The molecule has 0 aliphatic rings. The van der Waals surface area contributed by atoms with Crippen molar-refractivity contribution >= 4 is 6.21 Å². The Morgan fingerprint density at radius 3 is 1.71 bits per heavy atom. The predicted molar refractivity (Wildman–Crippen MR) is 37.3 cm³/mol. The van der Waals surface area contributed by atoms with Gasteiger partial charge in [0.15, 0.2) is 17.4 Å². The van der Waals surface area contributed by atoms with Crippen molar-refractivity contribution < 1.29 is 27.9 Å². The van der Waals surface area contributed by atoms with Crippen LogP contribution < -0.4 is 0 Å². The van der Waals surface area contributed by atoms with Gasteiger partial charge in [-0.2, -0.15) is 8.78 Å². The molecule has 1 rings (SSSR count). The van der Waals surface area contributed by atoms with Crippen LogP contribution in [0.3, 0.4) is 0 Å². The number of hydrogen-bond donors (Lipinski definition) is 2. The fraction of sp³-hybridized carbons (Fsp3) is 0. The molecule has 2 N–H and O–H groups in total. The van der Waals surface area contributed by atoms with Gasteiger partial charge in [-0.3, -0.25) is 0 Å². The lowest BCUT2D eigenvalue weighted by atomic mass is 10.2. The zero-order valence-electron chi connectivity index (χ0n) is 6.43. The van der Waals surface area contributed by atoms with E-state index in [2.05, 4.69) is 5.16 Å². The summed E-state index contributed by atoms with van der Waals surface area (Å²) in [6.45, 7) is 0. The zero-order chi connectivity index (χ0) is 10.9. The van der Waals surface area contributed by atoms with Crippen LogP contribution in [0.1, 0.15) is 5.56 Å². The van der Waals surface area contributed by atoms with E-state index in [9.17, 15) is 17.6 Å². The Kier molecular flexibility index (Phi) is 2.59. The second-order valence-electron chi connectivity index (χ2n) is 2.26. The van der Waals surface area contributed by atoms with Crippen LogP contribution in [0.2, 0.25) is 0 Å². The van der Waals surface area contributed by atoms with E-state index in [4.69, 9.17) is 10.3 Å². The SMILES string of the molecule is O/N=C/c1c(F)c(F)c(O)c(F)c1F. The fourth-order valence-corrected chi connectivity index (χ4v) is 0.808. The second-order valence-corrected chi connectivity index (χ2v) is 2.26. The molecule has 0 fully saturated rings. The van der Waals surface area contributed by atoms with Gasteiger partial charge in [0, 0.05) is 0 Å². The summed E-state index contributed by atoms with van der Waals surface area (Å²) >= 11 is 0. The molecule has 0 saturated heterocycles. The van der Waals surface area contributed by atoms with Crippen molar-refractivity contribution in [3.8, 4) is 5.75 Å². The Morgan fingerprint density at radius 2 is 1.36 bits per heavy atom. The van der Waals surface area contributed by atoms with E-state index in [1.54, 1.807) is 0 Å². The van der Waals surface area contributed by atoms with Gasteiger partial charge in [-0.05, 0) is 0 Å². The van der Waals surface area contributed by atoms with Crippen molar-refractivity contribution in [2.24, 2.45) is 5.16 Å². The molecule has 7 heteroatoms. The van der Waals surface area contributed by atoms with E-state index in [0.717, 1.165) is 0 Å². The number of hydrogen-bond acceptors (Lipinski definition) is 3. The minimum Gasteiger partial charge on any atom is -0.503 e. The summed E-state index contributed by atoms with van der Waals surface area (Å²) in [5.41, 5.74) is -1.21. The Labute approximate surface area is 74.9 Å². The Hall–Kier alpha value is -1.79. The van der Waals surface area contributed by atoms with E-state index in [1.165, 1.54) is 0 Å². The van der Waals surface area contributed by atoms with Crippen LogP contribution in [0.4, 0.5) is 17.6 Å². The lowest BCUT2D eigenvalue weighted by molar-refractivity contribution is 0.320. The van der Waals surface area contributed by atoms with Crippen molar-refractivity contribution in [3.63, 3.8) is 0 Å². The van der Waals surface area contributed by atoms with Gasteiger partial charge in [-0.1, -0.05) is 5.16 Å². The molecular weight excluding hydrogens is 206 g/mol.